The van der Waals surface area contributed by atoms with E-state index in [0.717, 1.165) is 9.13 Å². The molecular formula is C25H34N6O6. The first kappa shape index (κ1) is 27.6. The molecule has 0 bridgehead atoms. The van der Waals surface area contributed by atoms with Crippen LogP contribution in [0.25, 0.3) is 0 Å². The van der Waals surface area contributed by atoms with Gasteiger partial charge in [-0.1, -0.05) is 0 Å². The molecule has 0 N–H and O–H groups in total. The maximum absolute atomic E-state index is 13.0. The van der Waals surface area contributed by atoms with Crippen LogP contribution in [-0.2, 0) is 40.3 Å². The third-order valence-electron chi connectivity index (χ3n) is 6.67. The summed E-state index contributed by atoms with van der Waals surface area (Å²) in [7, 11) is 2.87. The van der Waals surface area contributed by atoms with E-state index in [9.17, 15) is 28.8 Å². The van der Waals surface area contributed by atoms with Crippen LogP contribution in [0.2, 0.25) is 0 Å². The molecule has 0 saturated heterocycles. The lowest BCUT2D eigenvalue weighted by atomic mass is 10.2. The van der Waals surface area contributed by atoms with Crippen molar-refractivity contribution in [3.05, 3.63) is 97.8 Å². The minimum absolute atomic E-state index is 0.214. The summed E-state index contributed by atoms with van der Waals surface area (Å²) in [6.45, 7) is 6.45. The van der Waals surface area contributed by atoms with Crippen molar-refractivity contribution in [3.63, 3.8) is 0 Å². The number of hydrogen-bond donors (Lipinski definition) is 0. The van der Waals surface area contributed by atoms with Crippen LogP contribution in [0.4, 0.5) is 0 Å². The van der Waals surface area contributed by atoms with E-state index in [1.54, 1.807) is 27.0 Å². The first-order valence-electron chi connectivity index (χ1n) is 12.3. The SMILES string of the molecule is Cc1cn(CCCCn2c(C)cc(=O)n(C)c2=O)c(=O)n(CCCCn2c(C)cc(=O)n(C)c2=O)c1=O. The van der Waals surface area contributed by atoms with Crippen LogP contribution in [-0.4, -0.2) is 27.4 Å². The smallest absolute Gasteiger partial charge is 0.300 e. The van der Waals surface area contributed by atoms with E-state index in [-0.39, 0.29) is 28.9 Å². The van der Waals surface area contributed by atoms with Gasteiger partial charge in [-0.2, -0.15) is 0 Å². The van der Waals surface area contributed by atoms with Gasteiger partial charge in [0, 0.05) is 75.6 Å². The zero-order valence-corrected chi connectivity index (χ0v) is 22.0. The number of unbranched alkanes of at least 4 members (excludes halogenated alkanes) is 2. The van der Waals surface area contributed by atoms with Crippen LogP contribution < -0.4 is 33.7 Å². The lowest BCUT2D eigenvalue weighted by molar-refractivity contribution is 0.468. The van der Waals surface area contributed by atoms with Crippen LogP contribution in [0.5, 0.6) is 0 Å². The third-order valence-corrected chi connectivity index (χ3v) is 6.67. The fourth-order valence-corrected chi connectivity index (χ4v) is 4.35. The van der Waals surface area contributed by atoms with Gasteiger partial charge in [0.2, 0.25) is 0 Å². The third kappa shape index (κ3) is 5.89. The Balaban J connectivity index is 1.65. The van der Waals surface area contributed by atoms with Gasteiger partial charge in [-0.15, -0.1) is 0 Å². The zero-order valence-electron chi connectivity index (χ0n) is 22.0. The molecule has 0 aliphatic carbocycles. The average Bonchev–Trinajstić information content (AvgIpc) is 2.84. The highest BCUT2D eigenvalue weighted by Crippen LogP contribution is 2.01. The maximum Gasteiger partial charge on any atom is 0.330 e. The lowest BCUT2D eigenvalue weighted by Crippen LogP contribution is -2.41. The predicted molar refractivity (Wildman–Crippen MR) is 140 cm³/mol. The number of aromatic nitrogens is 6. The van der Waals surface area contributed by atoms with Gasteiger partial charge >= 0.3 is 17.1 Å². The van der Waals surface area contributed by atoms with Crippen molar-refractivity contribution >= 4 is 0 Å². The van der Waals surface area contributed by atoms with Gasteiger partial charge in [0.15, 0.2) is 0 Å². The van der Waals surface area contributed by atoms with Gasteiger partial charge in [-0.3, -0.25) is 37.2 Å². The molecule has 37 heavy (non-hydrogen) atoms. The Labute approximate surface area is 212 Å². The minimum atomic E-state index is -0.401. The van der Waals surface area contributed by atoms with Crippen LogP contribution in [0.3, 0.4) is 0 Å². The second kappa shape index (κ2) is 11.4. The topological polar surface area (TPSA) is 132 Å². The first-order chi connectivity index (χ1) is 17.4. The fourth-order valence-electron chi connectivity index (χ4n) is 4.35. The summed E-state index contributed by atoms with van der Waals surface area (Å²) in [6.07, 6.45) is 3.81. The summed E-state index contributed by atoms with van der Waals surface area (Å²) in [4.78, 5) is 73.8. The van der Waals surface area contributed by atoms with E-state index in [4.69, 9.17) is 0 Å². The Hall–Kier alpha value is -3.96. The second-order valence-electron chi connectivity index (χ2n) is 9.39. The molecule has 3 aromatic heterocycles. The number of rotatable bonds is 10. The van der Waals surface area contributed by atoms with Crippen molar-refractivity contribution in [2.24, 2.45) is 14.1 Å². The van der Waals surface area contributed by atoms with Crippen molar-refractivity contribution < 1.29 is 0 Å². The van der Waals surface area contributed by atoms with E-state index in [1.165, 1.54) is 44.5 Å². The predicted octanol–water partition coefficient (Wildman–Crippen LogP) is -0.383. The Morgan fingerprint density at radius 1 is 0.568 bits per heavy atom. The molecule has 12 nitrogen and oxygen atoms in total. The minimum Gasteiger partial charge on any atom is -0.300 e. The first-order valence-corrected chi connectivity index (χ1v) is 12.3. The van der Waals surface area contributed by atoms with Gasteiger partial charge in [0.25, 0.3) is 16.7 Å². The molecule has 0 fully saturated rings. The number of nitrogens with zero attached hydrogens (tertiary/aromatic N) is 6. The van der Waals surface area contributed by atoms with E-state index < -0.39 is 11.4 Å². The Kier molecular flexibility index (Phi) is 8.51. The Morgan fingerprint density at radius 3 is 1.43 bits per heavy atom. The molecule has 3 aromatic rings. The normalized spacial score (nSPS) is 11.3. The molecule has 0 unspecified atom stereocenters. The lowest BCUT2D eigenvalue weighted by Gasteiger charge is -2.14. The van der Waals surface area contributed by atoms with Crippen molar-refractivity contribution in [2.45, 2.75) is 72.6 Å². The van der Waals surface area contributed by atoms with Gasteiger partial charge < -0.3 is 4.57 Å². The van der Waals surface area contributed by atoms with E-state index in [2.05, 4.69) is 0 Å². The zero-order chi connectivity index (χ0) is 27.4. The largest absolute Gasteiger partial charge is 0.330 e. The summed E-state index contributed by atoms with van der Waals surface area (Å²) >= 11 is 0. The van der Waals surface area contributed by atoms with Gasteiger partial charge in [-0.25, -0.2) is 14.4 Å². The number of aryl methyl sites for hydroxylation is 4. The molecule has 0 aliphatic rings. The van der Waals surface area contributed by atoms with Gasteiger partial charge in [0.1, 0.15) is 0 Å². The quantitative estimate of drug-likeness (QED) is 0.339. The van der Waals surface area contributed by atoms with Gasteiger partial charge in [-0.05, 0) is 46.5 Å². The number of hydrogen-bond acceptors (Lipinski definition) is 6. The van der Waals surface area contributed by atoms with Crippen LogP contribution in [0.15, 0.2) is 47.1 Å². The van der Waals surface area contributed by atoms with Crippen LogP contribution >= 0.6 is 0 Å². The van der Waals surface area contributed by atoms with E-state index in [1.807, 2.05) is 0 Å². The monoisotopic (exact) mass is 514 g/mol. The molecule has 12 heteroatoms. The van der Waals surface area contributed by atoms with Crippen LogP contribution in [0.1, 0.15) is 42.6 Å². The van der Waals surface area contributed by atoms with Crippen molar-refractivity contribution in [3.8, 4) is 0 Å². The molecule has 0 saturated carbocycles. The maximum atomic E-state index is 13.0. The molecule has 3 rings (SSSR count). The highest BCUT2D eigenvalue weighted by atomic mass is 16.2. The summed E-state index contributed by atoms with van der Waals surface area (Å²) in [6, 6.07) is 2.82. The van der Waals surface area contributed by atoms with Crippen molar-refractivity contribution in [2.75, 3.05) is 0 Å². The van der Waals surface area contributed by atoms with Crippen molar-refractivity contribution in [1.29, 1.82) is 0 Å². The molecule has 0 radical (unpaired) electrons. The summed E-state index contributed by atoms with van der Waals surface area (Å²) in [5.41, 5.74) is -0.609. The molecule has 0 aromatic carbocycles. The standard InChI is InChI=1S/C25H34N6O6/c1-17-16-28(10-6-7-11-29-18(2)14-20(32)26(4)23(29)35)25(37)31(22(17)34)13-9-8-12-30-19(3)15-21(33)27(5)24(30)36/h14-16H,6-13H2,1-5H3. The van der Waals surface area contributed by atoms with Crippen molar-refractivity contribution in [1.82, 2.24) is 27.4 Å². The highest BCUT2D eigenvalue weighted by molar-refractivity contribution is 5.03. The molecule has 0 aliphatic heterocycles. The van der Waals surface area contributed by atoms with E-state index in [0.29, 0.717) is 62.3 Å². The fraction of sp³-hybridized carbons (Fsp3) is 0.520. The van der Waals surface area contributed by atoms with Crippen LogP contribution in [0, 0.1) is 20.8 Å². The Bertz CT molecular complexity index is 1660. The molecule has 3 heterocycles. The average molecular weight is 515 g/mol. The van der Waals surface area contributed by atoms with E-state index >= 15 is 0 Å². The summed E-state index contributed by atoms with van der Waals surface area (Å²) in [5, 5.41) is 0. The Morgan fingerprint density at radius 2 is 0.973 bits per heavy atom. The highest BCUT2D eigenvalue weighted by Gasteiger charge is 2.11. The summed E-state index contributed by atoms with van der Waals surface area (Å²) in [5.74, 6) is 0. The molecule has 0 spiro atoms. The second-order valence-corrected chi connectivity index (χ2v) is 9.39. The van der Waals surface area contributed by atoms with Gasteiger partial charge in [0.05, 0.1) is 0 Å². The molecule has 0 amide bonds. The molecule has 0 atom stereocenters. The molecule has 200 valence electrons. The summed E-state index contributed by atoms with van der Waals surface area (Å²) < 4.78 is 7.88. The molecular weight excluding hydrogens is 480 g/mol.